The Morgan fingerprint density at radius 2 is 2.06 bits per heavy atom. The molecule has 4 heteroatoms. The molecule has 0 fully saturated rings. The zero-order valence-corrected chi connectivity index (χ0v) is 10.3. The van der Waals surface area contributed by atoms with Crippen molar-refractivity contribution in [2.24, 2.45) is 0 Å². The summed E-state index contributed by atoms with van der Waals surface area (Å²) in [5, 5.41) is 28.7. The Morgan fingerprint density at radius 3 is 2.67 bits per heavy atom. The van der Waals surface area contributed by atoms with Gasteiger partial charge in [-0.3, -0.25) is 4.79 Å². The Morgan fingerprint density at radius 1 is 1.33 bits per heavy atom. The van der Waals surface area contributed by atoms with E-state index in [1.807, 2.05) is 6.92 Å². The van der Waals surface area contributed by atoms with Crippen molar-refractivity contribution in [3.05, 3.63) is 35.4 Å². The number of phenols is 1. The van der Waals surface area contributed by atoms with Gasteiger partial charge in [-0.15, -0.1) is 0 Å². The Labute approximate surface area is 106 Å². The molecule has 0 amide bonds. The van der Waals surface area contributed by atoms with E-state index in [0.717, 1.165) is 6.42 Å². The summed E-state index contributed by atoms with van der Waals surface area (Å²) in [7, 11) is 0. The van der Waals surface area contributed by atoms with Crippen molar-refractivity contribution >= 4 is 12.4 Å². The lowest BCUT2D eigenvalue weighted by Crippen LogP contribution is -2.23. The summed E-state index contributed by atoms with van der Waals surface area (Å²) >= 11 is 0. The molecular formula is C14H18O4. The van der Waals surface area contributed by atoms with Crippen molar-refractivity contribution in [2.75, 3.05) is 0 Å². The van der Waals surface area contributed by atoms with Gasteiger partial charge in [0.2, 0.25) is 0 Å². The lowest BCUT2D eigenvalue weighted by atomic mass is 10.0. The summed E-state index contributed by atoms with van der Waals surface area (Å²) in [6.45, 7) is 1.92. The van der Waals surface area contributed by atoms with Crippen molar-refractivity contribution < 1.29 is 20.1 Å². The average molecular weight is 250 g/mol. The first-order chi connectivity index (χ1) is 8.60. The number of carbonyl (C=O) groups excluding carboxylic acids is 1. The van der Waals surface area contributed by atoms with Gasteiger partial charge in [-0.25, -0.2) is 0 Å². The smallest absolute Gasteiger partial charge is 0.154 e. The van der Waals surface area contributed by atoms with Crippen LogP contribution in [0.5, 0.6) is 5.75 Å². The van der Waals surface area contributed by atoms with Gasteiger partial charge in [-0.1, -0.05) is 37.6 Å². The number of carbonyl (C=O) groups is 1. The van der Waals surface area contributed by atoms with Gasteiger partial charge in [0, 0.05) is 0 Å². The van der Waals surface area contributed by atoms with Crippen molar-refractivity contribution in [1.29, 1.82) is 0 Å². The van der Waals surface area contributed by atoms with Crippen LogP contribution in [0.25, 0.3) is 6.08 Å². The van der Waals surface area contributed by atoms with Crippen LogP contribution < -0.4 is 0 Å². The Hall–Kier alpha value is -1.65. The fourth-order valence-corrected chi connectivity index (χ4v) is 1.64. The van der Waals surface area contributed by atoms with Gasteiger partial charge < -0.3 is 15.3 Å². The maximum absolute atomic E-state index is 10.8. The molecule has 2 atom stereocenters. The molecule has 0 radical (unpaired) electrons. The summed E-state index contributed by atoms with van der Waals surface area (Å²) in [5.74, 6) is -0.101. The molecule has 0 heterocycles. The Balaban J connectivity index is 2.84. The highest BCUT2D eigenvalue weighted by atomic mass is 16.3. The van der Waals surface area contributed by atoms with Gasteiger partial charge in [-0.05, 0) is 18.1 Å². The molecule has 1 aromatic carbocycles. The quantitative estimate of drug-likeness (QED) is 0.672. The average Bonchev–Trinajstić information content (AvgIpc) is 2.36. The first-order valence-corrected chi connectivity index (χ1v) is 5.91. The lowest BCUT2D eigenvalue weighted by molar-refractivity contribution is 0.0432. The number of aldehydes is 1. The van der Waals surface area contributed by atoms with Crippen molar-refractivity contribution in [3.63, 3.8) is 0 Å². The Bertz CT molecular complexity index is 426. The number of benzene rings is 1. The molecule has 0 saturated heterocycles. The van der Waals surface area contributed by atoms with E-state index >= 15 is 0 Å². The van der Waals surface area contributed by atoms with Gasteiger partial charge in [-0.2, -0.15) is 0 Å². The second-order valence-corrected chi connectivity index (χ2v) is 4.10. The van der Waals surface area contributed by atoms with Gasteiger partial charge in [0.05, 0.1) is 17.8 Å². The van der Waals surface area contributed by atoms with Crippen LogP contribution in [0.2, 0.25) is 0 Å². The van der Waals surface area contributed by atoms with Crippen LogP contribution in [0.1, 0.15) is 35.7 Å². The molecule has 0 spiro atoms. The molecule has 0 unspecified atom stereocenters. The topological polar surface area (TPSA) is 77.8 Å². The van der Waals surface area contributed by atoms with E-state index in [0.29, 0.717) is 18.3 Å². The van der Waals surface area contributed by atoms with Gasteiger partial charge >= 0.3 is 0 Å². The summed E-state index contributed by atoms with van der Waals surface area (Å²) in [6, 6.07) is 4.68. The molecule has 0 aromatic heterocycles. The molecule has 0 aliphatic carbocycles. The van der Waals surface area contributed by atoms with Crippen LogP contribution in [-0.4, -0.2) is 33.8 Å². The molecule has 0 aliphatic heterocycles. The minimum atomic E-state index is -0.980. The normalized spacial score (nSPS) is 14.6. The van der Waals surface area contributed by atoms with Crippen LogP contribution in [0.3, 0.4) is 0 Å². The fourth-order valence-electron chi connectivity index (χ4n) is 1.64. The summed E-state index contributed by atoms with van der Waals surface area (Å²) in [4.78, 5) is 10.8. The number of aromatic hydroxyl groups is 1. The van der Waals surface area contributed by atoms with E-state index in [9.17, 15) is 20.1 Å². The predicted octanol–water partition coefficient (Wildman–Crippen LogP) is 1.74. The van der Waals surface area contributed by atoms with E-state index in [2.05, 4.69) is 0 Å². The summed E-state index contributed by atoms with van der Waals surface area (Å²) in [5.41, 5.74) is 0.679. The third-order valence-corrected chi connectivity index (χ3v) is 2.69. The zero-order valence-electron chi connectivity index (χ0n) is 10.3. The maximum atomic E-state index is 10.8. The minimum absolute atomic E-state index is 0.101. The van der Waals surface area contributed by atoms with Crippen molar-refractivity contribution in [3.8, 4) is 5.75 Å². The monoisotopic (exact) mass is 250 g/mol. The number of hydrogen-bond acceptors (Lipinski definition) is 4. The van der Waals surface area contributed by atoms with Crippen LogP contribution in [-0.2, 0) is 0 Å². The molecule has 0 bridgehead atoms. The molecular weight excluding hydrogens is 232 g/mol. The third-order valence-electron chi connectivity index (χ3n) is 2.69. The standard InChI is InChI=1S/C14H18O4/c1-2-4-13(17)14(18)8-7-10-5-3-6-12(16)11(10)9-15/h3,5-9,13-14,16-18H,2,4H2,1H3/b8-7+/t13-,14+/m0/s1. The number of hydrogen-bond donors (Lipinski definition) is 3. The molecule has 3 N–H and O–H groups in total. The highest BCUT2D eigenvalue weighted by Gasteiger charge is 2.12. The second-order valence-electron chi connectivity index (χ2n) is 4.10. The molecule has 1 rings (SSSR count). The molecule has 0 saturated carbocycles. The van der Waals surface area contributed by atoms with Crippen LogP contribution >= 0.6 is 0 Å². The minimum Gasteiger partial charge on any atom is -0.507 e. The predicted molar refractivity (Wildman–Crippen MR) is 69.4 cm³/mol. The highest BCUT2D eigenvalue weighted by Crippen LogP contribution is 2.20. The molecule has 4 nitrogen and oxygen atoms in total. The van der Waals surface area contributed by atoms with Crippen LogP contribution in [0, 0.1) is 0 Å². The first-order valence-electron chi connectivity index (χ1n) is 5.91. The van der Waals surface area contributed by atoms with E-state index in [4.69, 9.17) is 0 Å². The summed E-state index contributed by atoms with van der Waals surface area (Å²) < 4.78 is 0. The van der Waals surface area contributed by atoms with E-state index in [-0.39, 0.29) is 11.3 Å². The SMILES string of the molecule is CCC[C@H](O)[C@H](O)/C=C/c1cccc(O)c1C=O. The Kier molecular flexibility index (Phi) is 5.55. The number of aliphatic hydroxyl groups is 2. The largest absolute Gasteiger partial charge is 0.507 e. The molecule has 0 aliphatic rings. The van der Waals surface area contributed by atoms with Crippen molar-refractivity contribution in [2.45, 2.75) is 32.0 Å². The number of rotatable bonds is 6. The van der Waals surface area contributed by atoms with Gasteiger partial charge in [0.15, 0.2) is 6.29 Å². The van der Waals surface area contributed by atoms with E-state index in [1.165, 1.54) is 18.2 Å². The fraction of sp³-hybridized carbons (Fsp3) is 0.357. The highest BCUT2D eigenvalue weighted by molar-refractivity contribution is 5.85. The second kappa shape index (κ2) is 6.93. The summed E-state index contributed by atoms with van der Waals surface area (Å²) in [6.07, 6.45) is 2.98. The van der Waals surface area contributed by atoms with Gasteiger partial charge in [0.1, 0.15) is 5.75 Å². The third kappa shape index (κ3) is 3.68. The van der Waals surface area contributed by atoms with E-state index in [1.54, 1.807) is 12.1 Å². The number of aliphatic hydroxyl groups excluding tert-OH is 2. The van der Waals surface area contributed by atoms with Crippen LogP contribution in [0.15, 0.2) is 24.3 Å². The van der Waals surface area contributed by atoms with Crippen LogP contribution in [0.4, 0.5) is 0 Å². The molecule has 1 aromatic rings. The van der Waals surface area contributed by atoms with E-state index < -0.39 is 12.2 Å². The first kappa shape index (κ1) is 14.4. The lowest BCUT2D eigenvalue weighted by Gasteiger charge is -2.13. The van der Waals surface area contributed by atoms with Crippen molar-refractivity contribution in [1.82, 2.24) is 0 Å². The zero-order chi connectivity index (χ0) is 13.5. The number of phenolic OH excluding ortho intramolecular Hbond substituents is 1. The molecule has 18 heavy (non-hydrogen) atoms. The maximum Gasteiger partial charge on any atom is 0.154 e. The van der Waals surface area contributed by atoms with Gasteiger partial charge in [0.25, 0.3) is 0 Å². The molecule has 98 valence electrons.